The van der Waals surface area contributed by atoms with Gasteiger partial charge in [-0.1, -0.05) is 55.4 Å². The molecule has 0 N–H and O–H groups in total. The molecule has 1 saturated heterocycles. The molecule has 1 heterocycles. The molecule has 0 bridgehead atoms. The van der Waals surface area contributed by atoms with Crippen molar-refractivity contribution in [2.45, 2.75) is 55.4 Å². The van der Waals surface area contributed by atoms with E-state index in [1.54, 1.807) is 0 Å². The zero-order valence-corrected chi connectivity index (χ0v) is 25.4. The van der Waals surface area contributed by atoms with E-state index in [9.17, 15) is 0 Å². The summed E-state index contributed by atoms with van der Waals surface area (Å²) in [5.74, 6) is 10.3. The topological polar surface area (TPSA) is 0 Å². The van der Waals surface area contributed by atoms with Gasteiger partial charge in [0.25, 0.3) is 0 Å². The first-order chi connectivity index (χ1) is 12.2. The minimum atomic E-state index is -0.363. The van der Waals surface area contributed by atoms with Crippen LogP contribution in [0.2, 0.25) is 0 Å². The van der Waals surface area contributed by atoms with Crippen LogP contribution in [0.4, 0.5) is 0 Å². The minimum absolute atomic E-state index is 0.363. The average Bonchev–Trinajstić information content (AvgIpc) is 2.45. The van der Waals surface area contributed by atoms with Gasteiger partial charge >= 0.3 is 34.6 Å². The van der Waals surface area contributed by atoms with Gasteiger partial charge in [0.15, 0.2) is 0 Å². The predicted molar refractivity (Wildman–Crippen MR) is 140 cm³/mol. The van der Waals surface area contributed by atoms with E-state index >= 15 is 0 Å². The van der Waals surface area contributed by atoms with Crippen LogP contribution >= 0.6 is 66.7 Å². The molecule has 0 unspecified atom stereocenters. The van der Waals surface area contributed by atoms with Gasteiger partial charge in [-0.2, -0.15) is 47.0 Å². The second-order valence-electron chi connectivity index (χ2n) is 10.7. The molecular formula is C20H40MoS6. The van der Waals surface area contributed by atoms with E-state index in [1.807, 2.05) is 0 Å². The van der Waals surface area contributed by atoms with E-state index in [1.165, 1.54) is 46.0 Å². The van der Waals surface area contributed by atoms with Crippen molar-refractivity contribution >= 4 is 66.7 Å². The van der Waals surface area contributed by atoms with Gasteiger partial charge in [0.1, 0.15) is 0 Å². The Bertz CT molecular complexity index is 357. The van der Waals surface area contributed by atoms with E-state index in [0.717, 1.165) is 0 Å². The molecule has 0 aromatic carbocycles. The fourth-order valence-corrected chi connectivity index (χ4v) is 8.74. The van der Waals surface area contributed by atoms with Crippen LogP contribution in [0.3, 0.4) is 0 Å². The molecule has 1 aliphatic rings. The Morgan fingerprint density at radius 1 is 0.444 bits per heavy atom. The van der Waals surface area contributed by atoms with Crippen LogP contribution in [0.5, 0.6) is 0 Å². The molecule has 0 aromatic rings. The molecule has 162 valence electrons. The standard InChI is InChI=1S/C20H40S4.Mo.2S/c1-17(2)9-21-11-18(3,4)13-23-15-20(7,8)16-24-14-19(5,6)12-22-10-17;;;/h9-16H2,1-8H3;;;. The molecule has 7 heteroatoms. The molecule has 0 amide bonds. The maximum absolute atomic E-state index is 4.34. The number of hydrogen-bond acceptors (Lipinski definition) is 6. The third-order valence-corrected chi connectivity index (χ3v) is 11.8. The van der Waals surface area contributed by atoms with Gasteiger partial charge in [0.2, 0.25) is 0 Å². The second kappa shape index (κ2) is 13.8. The molecule has 0 radical (unpaired) electrons. The van der Waals surface area contributed by atoms with Gasteiger partial charge in [-0.15, -0.1) is 0 Å². The summed E-state index contributed by atoms with van der Waals surface area (Å²) in [6.07, 6.45) is 0. The fourth-order valence-electron chi connectivity index (χ4n) is 2.58. The summed E-state index contributed by atoms with van der Waals surface area (Å²) < 4.78 is 0. The number of rotatable bonds is 0. The molecule has 1 fully saturated rings. The van der Waals surface area contributed by atoms with Gasteiger partial charge < -0.3 is 0 Å². The average molecular weight is 569 g/mol. The van der Waals surface area contributed by atoms with E-state index in [4.69, 9.17) is 0 Å². The Morgan fingerprint density at radius 3 is 0.667 bits per heavy atom. The van der Waals surface area contributed by atoms with Crippen molar-refractivity contribution in [1.82, 2.24) is 0 Å². The Hall–Kier alpha value is 2.53. The van der Waals surface area contributed by atoms with Crippen LogP contribution < -0.4 is 0 Å². The van der Waals surface area contributed by atoms with Gasteiger partial charge in [-0.25, -0.2) is 0 Å². The number of hydrogen-bond donors (Lipinski definition) is 0. The first-order valence-electron chi connectivity index (χ1n) is 9.47. The van der Waals surface area contributed by atoms with E-state index in [2.05, 4.69) is 122 Å². The monoisotopic (exact) mass is 570 g/mol. The van der Waals surface area contributed by atoms with Gasteiger partial charge in [0.05, 0.1) is 0 Å². The molecule has 0 nitrogen and oxygen atoms in total. The van der Waals surface area contributed by atoms with Crippen LogP contribution in [0, 0.1) is 21.7 Å². The quantitative estimate of drug-likeness (QED) is 0.268. The SMILES string of the molecule is CC1(C)CSCC(C)(C)CSCC(C)(C)CSCC(C)(C)CSC1.[S]=[Mo]=[S]. The zero-order valence-electron chi connectivity index (χ0n) is 18.5. The van der Waals surface area contributed by atoms with Gasteiger partial charge in [0, 0.05) is 0 Å². The van der Waals surface area contributed by atoms with E-state index in [0.29, 0.717) is 21.7 Å². The third kappa shape index (κ3) is 16.8. The summed E-state index contributed by atoms with van der Waals surface area (Å²) >= 11 is 8.32. The van der Waals surface area contributed by atoms with Crippen LogP contribution in [0.15, 0.2) is 0 Å². The molecule has 0 spiro atoms. The van der Waals surface area contributed by atoms with Crippen LogP contribution in [0.25, 0.3) is 0 Å². The van der Waals surface area contributed by atoms with Crippen molar-refractivity contribution in [2.75, 3.05) is 46.0 Å². The molecule has 0 atom stereocenters. The van der Waals surface area contributed by atoms with Crippen molar-refractivity contribution in [2.24, 2.45) is 21.7 Å². The Kier molecular flexibility index (Phi) is 15.1. The van der Waals surface area contributed by atoms with Crippen LogP contribution in [-0.2, 0) is 14.9 Å². The summed E-state index contributed by atoms with van der Waals surface area (Å²) in [7, 11) is 8.68. The number of thioether (sulfide) groups is 4. The Morgan fingerprint density at radius 2 is 0.556 bits per heavy atom. The Balaban J connectivity index is 0.00000210. The van der Waals surface area contributed by atoms with Crippen LogP contribution in [0.1, 0.15) is 55.4 Å². The second-order valence-corrected chi connectivity index (χ2v) is 18.2. The molecule has 0 aromatic heterocycles. The first-order valence-corrected chi connectivity index (χ1v) is 19.7. The summed E-state index contributed by atoms with van der Waals surface area (Å²) in [5.41, 5.74) is 1.78. The van der Waals surface area contributed by atoms with E-state index < -0.39 is 0 Å². The summed E-state index contributed by atoms with van der Waals surface area (Å²) in [5, 5.41) is 0. The molecule has 1 rings (SSSR count). The van der Waals surface area contributed by atoms with E-state index in [-0.39, 0.29) is 14.9 Å². The maximum atomic E-state index is 4.34. The predicted octanol–water partition coefficient (Wildman–Crippen LogP) is 8.33. The van der Waals surface area contributed by atoms with Crippen molar-refractivity contribution < 1.29 is 14.9 Å². The third-order valence-electron chi connectivity index (χ3n) is 3.94. The normalized spacial score (nSPS) is 26.2. The van der Waals surface area contributed by atoms with Crippen molar-refractivity contribution in [3.63, 3.8) is 0 Å². The molecule has 0 aliphatic carbocycles. The molecule has 27 heavy (non-hydrogen) atoms. The molecular weight excluding hydrogens is 529 g/mol. The fraction of sp³-hybridized carbons (Fsp3) is 1.00. The molecule has 1 aliphatic heterocycles. The van der Waals surface area contributed by atoms with Gasteiger partial charge in [-0.3, -0.25) is 0 Å². The van der Waals surface area contributed by atoms with Gasteiger partial charge in [-0.05, 0) is 67.7 Å². The Labute approximate surface area is 202 Å². The first kappa shape index (κ1) is 29.5. The summed E-state index contributed by atoms with van der Waals surface area (Å²) in [6, 6.07) is 0. The van der Waals surface area contributed by atoms with Crippen molar-refractivity contribution in [3.8, 4) is 0 Å². The zero-order chi connectivity index (χ0) is 21.2. The summed E-state index contributed by atoms with van der Waals surface area (Å²) in [4.78, 5) is 0. The van der Waals surface area contributed by atoms with Crippen LogP contribution in [-0.4, -0.2) is 46.0 Å². The van der Waals surface area contributed by atoms with Crippen molar-refractivity contribution in [3.05, 3.63) is 0 Å². The summed E-state index contributed by atoms with van der Waals surface area (Å²) in [6.45, 7) is 19.6. The molecule has 0 saturated carbocycles. The van der Waals surface area contributed by atoms with Crippen molar-refractivity contribution in [1.29, 1.82) is 0 Å².